The highest BCUT2D eigenvalue weighted by atomic mass is 32.1. The molecule has 0 saturated heterocycles. The van der Waals surface area contributed by atoms with E-state index in [0.29, 0.717) is 5.56 Å². The Balaban J connectivity index is 2.14. The van der Waals surface area contributed by atoms with Crippen LogP contribution in [-0.4, -0.2) is 12.4 Å². The molecule has 0 fully saturated rings. The third-order valence-corrected chi connectivity index (χ3v) is 3.75. The molecule has 102 valence electrons. The molecule has 0 N–H and O–H groups in total. The predicted octanol–water partition coefficient (Wildman–Crippen LogP) is 3.64. The monoisotopic (exact) mass is 289 g/mol. The highest BCUT2D eigenvalue weighted by Crippen LogP contribution is 2.23. The zero-order valence-corrected chi connectivity index (χ0v) is 11.9. The molecule has 0 aliphatic heterocycles. The molecule has 2 aromatic rings. The molecule has 0 aliphatic carbocycles. The molecule has 20 heavy (non-hydrogen) atoms. The number of hydrogen-bond acceptors (Lipinski definition) is 4. The number of nitrogens with zero attached hydrogens (tertiary/aromatic N) is 1. The molecule has 5 heteroatoms. The Morgan fingerprint density at radius 1 is 1.45 bits per heavy atom. The minimum Gasteiger partial charge on any atom is -0.484 e. The molecule has 2 rings (SSSR count). The third-order valence-electron chi connectivity index (χ3n) is 2.79. The number of ether oxygens (including phenoxy) is 1. The minimum absolute atomic E-state index is 0.0884. The molecule has 0 aliphatic rings. The molecule has 0 spiro atoms. The summed E-state index contributed by atoms with van der Waals surface area (Å²) < 4.78 is 18.7. The van der Waals surface area contributed by atoms with Gasteiger partial charge in [-0.25, -0.2) is 4.39 Å². The predicted molar refractivity (Wildman–Crippen MR) is 74.7 cm³/mol. The van der Waals surface area contributed by atoms with E-state index in [1.165, 1.54) is 18.2 Å². The largest absolute Gasteiger partial charge is 0.484 e. The van der Waals surface area contributed by atoms with Gasteiger partial charge in [0.25, 0.3) is 0 Å². The topological polar surface area (TPSA) is 50.1 Å². The number of hydrogen-bond donors (Lipinski definition) is 0. The van der Waals surface area contributed by atoms with Gasteiger partial charge in [0.05, 0.1) is 0 Å². The average Bonchev–Trinajstić information content (AvgIpc) is 2.75. The summed E-state index contributed by atoms with van der Waals surface area (Å²) in [6, 6.07) is 7.64. The van der Waals surface area contributed by atoms with E-state index in [4.69, 9.17) is 10.00 Å². The molecule has 1 aromatic heterocycles. The van der Waals surface area contributed by atoms with Gasteiger partial charge in [-0.15, -0.1) is 11.3 Å². The number of Topliss-reactive ketones (excluding diaryl/α,β-unsaturated/α-hetero) is 1. The number of carbonyl (C=O) groups is 1. The molecule has 3 nitrogen and oxygen atoms in total. The Morgan fingerprint density at radius 3 is 2.80 bits per heavy atom. The Hall–Kier alpha value is -2.19. The highest BCUT2D eigenvalue weighted by Gasteiger charge is 2.15. The number of rotatable bonds is 4. The lowest BCUT2D eigenvalue weighted by atomic mass is 10.1. The van der Waals surface area contributed by atoms with Crippen LogP contribution in [0.5, 0.6) is 5.75 Å². The van der Waals surface area contributed by atoms with Crippen LogP contribution in [0.1, 0.15) is 25.7 Å². The Morgan fingerprint density at radius 2 is 2.20 bits per heavy atom. The number of ketones is 1. The standard InChI is InChI=1S/C15H12FNO2S/c1-9-6-11(10(2)20-9)14(18)8-19-15-5-3-4-13(16)12(15)7-17/h3-6H,8H2,1-2H3. The maximum Gasteiger partial charge on any atom is 0.201 e. The first kappa shape index (κ1) is 14.2. The van der Waals surface area contributed by atoms with E-state index >= 15 is 0 Å². The summed E-state index contributed by atoms with van der Waals surface area (Å²) in [5, 5.41) is 8.88. The van der Waals surface area contributed by atoms with Gasteiger partial charge in [0.15, 0.2) is 6.61 Å². The molecule has 0 atom stereocenters. The second-order valence-corrected chi connectivity index (χ2v) is 5.72. The number of halogens is 1. The van der Waals surface area contributed by atoms with E-state index in [1.807, 2.05) is 19.9 Å². The van der Waals surface area contributed by atoms with Crippen molar-refractivity contribution in [2.75, 3.05) is 6.61 Å². The van der Waals surface area contributed by atoms with Crippen LogP contribution in [0.15, 0.2) is 24.3 Å². The lowest BCUT2D eigenvalue weighted by Crippen LogP contribution is -2.12. The fourth-order valence-electron chi connectivity index (χ4n) is 1.86. The van der Waals surface area contributed by atoms with Gasteiger partial charge in [0.1, 0.15) is 23.2 Å². The number of thiophene rings is 1. The van der Waals surface area contributed by atoms with Crippen LogP contribution < -0.4 is 4.74 Å². The Bertz CT molecular complexity index is 700. The molecule has 0 radical (unpaired) electrons. The number of benzene rings is 1. The summed E-state index contributed by atoms with van der Waals surface area (Å²) in [5.74, 6) is -0.745. The number of aryl methyl sites for hydroxylation is 2. The van der Waals surface area contributed by atoms with Crippen LogP contribution >= 0.6 is 11.3 Å². The van der Waals surface area contributed by atoms with E-state index in [0.717, 1.165) is 9.75 Å². The van der Waals surface area contributed by atoms with Gasteiger partial charge < -0.3 is 4.74 Å². The summed E-state index contributed by atoms with van der Waals surface area (Å²) in [6.07, 6.45) is 0. The average molecular weight is 289 g/mol. The van der Waals surface area contributed by atoms with Crippen LogP contribution in [-0.2, 0) is 0 Å². The van der Waals surface area contributed by atoms with E-state index < -0.39 is 5.82 Å². The van der Waals surface area contributed by atoms with Crippen molar-refractivity contribution >= 4 is 17.1 Å². The van der Waals surface area contributed by atoms with Crippen molar-refractivity contribution in [2.24, 2.45) is 0 Å². The lowest BCUT2D eigenvalue weighted by Gasteiger charge is -2.07. The first-order valence-corrected chi connectivity index (χ1v) is 6.76. The van der Waals surface area contributed by atoms with E-state index in [1.54, 1.807) is 17.4 Å². The van der Waals surface area contributed by atoms with Crippen molar-refractivity contribution in [1.82, 2.24) is 0 Å². The second-order valence-electron chi connectivity index (χ2n) is 4.26. The zero-order valence-electron chi connectivity index (χ0n) is 11.1. The van der Waals surface area contributed by atoms with Crippen LogP contribution in [0, 0.1) is 31.0 Å². The SMILES string of the molecule is Cc1cc(C(=O)COc2cccc(F)c2C#N)c(C)s1. The summed E-state index contributed by atoms with van der Waals surface area (Å²) in [4.78, 5) is 14.0. The number of carbonyl (C=O) groups excluding carboxylic acids is 1. The molecule has 1 heterocycles. The maximum absolute atomic E-state index is 13.4. The van der Waals surface area contributed by atoms with Crippen molar-refractivity contribution in [3.63, 3.8) is 0 Å². The number of nitriles is 1. The van der Waals surface area contributed by atoms with Crippen molar-refractivity contribution in [2.45, 2.75) is 13.8 Å². The first-order chi connectivity index (χ1) is 9.52. The summed E-state index contributed by atoms with van der Waals surface area (Å²) in [7, 11) is 0. The molecule has 1 aromatic carbocycles. The second kappa shape index (κ2) is 5.85. The van der Waals surface area contributed by atoms with Crippen LogP contribution in [0.25, 0.3) is 0 Å². The van der Waals surface area contributed by atoms with Gasteiger partial charge in [-0.1, -0.05) is 6.07 Å². The molecule has 0 unspecified atom stereocenters. The smallest absolute Gasteiger partial charge is 0.201 e. The van der Waals surface area contributed by atoms with Crippen LogP contribution in [0.4, 0.5) is 4.39 Å². The van der Waals surface area contributed by atoms with Gasteiger partial charge in [-0.05, 0) is 32.0 Å². The Kier molecular flexibility index (Phi) is 4.16. The summed E-state index contributed by atoms with van der Waals surface area (Å²) in [6.45, 7) is 3.58. The molecular formula is C15H12FNO2S. The van der Waals surface area contributed by atoms with Crippen molar-refractivity contribution < 1.29 is 13.9 Å². The highest BCUT2D eigenvalue weighted by molar-refractivity contribution is 7.12. The van der Waals surface area contributed by atoms with Gasteiger partial charge in [0, 0.05) is 15.3 Å². The van der Waals surface area contributed by atoms with Crippen molar-refractivity contribution in [1.29, 1.82) is 5.26 Å². The first-order valence-electron chi connectivity index (χ1n) is 5.94. The fraction of sp³-hybridized carbons (Fsp3) is 0.200. The van der Waals surface area contributed by atoms with Crippen LogP contribution in [0.2, 0.25) is 0 Å². The Labute approximate surface area is 120 Å². The zero-order chi connectivity index (χ0) is 14.7. The van der Waals surface area contributed by atoms with Gasteiger partial charge in [-0.2, -0.15) is 5.26 Å². The summed E-state index contributed by atoms with van der Waals surface area (Å²) >= 11 is 1.54. The normalized spacial score (nSPS) is 10.1. The molecular weight excluding hydrogens is 277 g/mol. The van der Waals surface area contributed by atoms with Gasteiger partial charge >= 0.3 is 0 Å². The molecule has 0 amide bonds. The summed E-state index contributed by atoms with van der Waals surface area (Å²) in [5.41, 5.74) is 0.431. The fourth-order valence-corrected chi connectivity index (χ4v) is 2.80. The van der Waals surface area contributed by atoms with Crippen LogP contribution in [0.3, 0.4) is 0 Å². The lowest BCUT2D eigenvalue weighted by molar-refractivity contribution is 0.0921. The van der Waals surface area contributed by atoms with E-state index in [-0.39, 0.29) is 23.7 Å². The molecule has 0 bridgehead atoms. The van der Waals surface area contributed by atoms with E-state index in [2.05, 4.69) is 0 Å². The van der Waals surface area contributed by atoms with Crippen molar-refractivity contribution in [3.05, 3.63) is 51.0 Å². The van der Waals surface area contributed by atoms with Crippen molar-refractivity contribution in [3.8, 4) is 11.8 Å². The van der Waals surface area contributed by atoms with Gasteiger partial charge in [0.2, 0.25) is 5.78 Å². The van der Waals surface area contributed by atoms with E-state index in [9.17, 15) is 9.18 Å². The molecule has 0 saturated carbocycles. The third kappa shape index (κ3) is 2.86. The minimum atomic E-state index is -0.653. The maximum atomic E-state index is 13.4. The van der Waals surface area contributed by atoms with Gasteiger partial charge in [-0.3, -0.25) is 4.79 Å². The quantitative estimate of drug-likeness (QED) is 0.807.